The van der Waals surface area contributed by atoms with Gasteiger partial charge in [0.25, 0.3) is 0 Å². The molecular formula is C25H23FN8O. The van der Waals surface area contributed by atoms with Crippen molar-refractivity contribution in [2.24, 2.45) is 5.73 Å². The number of nitrogens with one attached hydrogen (secondary N) is 2. The molecule has 0 radical (unpaired) electrons. The Balaban J connectivity index is 1.53. The quantitative estimate of drug-likeness (QED) is 0.312. The van der Waals surface area contributed by atoms with E-state index in [1.165, 1.54) is 6.07 Å². The highest BCUT2D eigenvalue weighted by molar-refractivity contribution is 5.85. The van der Waals surface area contributed by atoms with Crippen molar-refractivity contribution in [3.8, 4) is 28.5 Å². The number of aromatic nitrogens is 6. The van der Waals surface area contributed by atoms with Gasteiger partial charge in [-0.05, 0) is 31.2 Å². The Morgan fingerprint density at radius 3 is 2.77 bits per heavy atom. The Morgan fingerprint density at radius 1 is 1.03 bits per heavy atom. The molecule has 176 valence electrons. The summed E-state index contributed by atoms with van der Waals surface area (Å²) in [5, 5.41) is 3.15. The first-order chi connectivity index (χ1) is 17.1. The molecule has 4 N–H and O–H groups in total. The molecule has 0 aliphatic carbocycles. The van der Waals surface area contributed by atoms with E-state index in [1.807, 2.05) is 43.3 Å². The van der Waals surface area contributed by atoms with Crippen LogP contribution in [0, 0.1) is 12.7 Å². The summed E-state index contributed by atoms with van der Waals surface area (Å²) < 4.78 is 19.0. The second kappa shape index (κ2) is 9.82. The molecule has 0 atom stereocenters. The van der Waals surface area contributed by atoms with Crippen LogP contribution in [-0.4, -0.2) is 43.1 Å². The number of hydrogen-bond acceptors (Lipinski definition) is 8. The second-order valence-corrected chi connectivity index (χ2v) is 7.87. The number of fused-ring (bicyclic) bond motifs is 1. The van der Waals surface area contributed by atoms with E-state index in [2.05, 4.69) is 30.2 Å². The van der Waals surface area contributed by atoms with E-state index in [0.717, 1.165) is 34.4 Å². The zero-order valence-corrected chi connectivity index (χ0v) is 19.0. The third kappa shape index (κ3) is 5.07. The van der Waals surface area contributed by atoms with Crippen molar-refractivity contribution in [1.29, 1.82) is 0 Å². The number of aromatic amines is 1. The summed E-state index contributed by atoms with van der Waals surface area (Å²) in [5.41, 5.74) is 11.5. The number of anilines is 1. The average molecular weight is 471 g/mol. The molecule has 0 bridgehead atoms. The number of halogens is 1. The maximum Gasteiger partial charge on any atom is 0.232 e. The predicted molar refractivity (Wildman–Crippen MR) is 131 cm³/mol. The highest BCUT2D eigenvalue weighted by atomic mass is 19.1. The molecule has 5 aromatic rings. The van der Waals surface area contributed by atoms with Crippen LogP contribution in [0.4, 0.5) is 10.1 Å². The molecule has 4 heterocycles. The number of aryl methyl sites for hydroxylation is 1. The summed E-state index contributed by atoms with van der Waals surface area (Å²) in [7, 11) is 0. The van der Waals surface area contributed by atoms with Gasteiger partial charge in [-0.1, -0.05) is 12.1 Å². The first-order valence-corrected chi connectivity index (χ1v) is 11.1. The van der Waals surface area contributed by atoms with E-state index in [4.69, 9.17) is 15.5 Å². The van der Waals surface area contributed by atoms with E-state index in [0.29, 0.717) is 48.3 Å². The Hall–Kier alpha value is -4.44. The third-order valence-electron chi connectivity index (χ3n) is 5.23. The number of nitrogens with two attached hydrogens (primary N) is 1. The van der Waals surface area contributed by atoms with Gasteiger partial charge in [0.2, 0.25) is 5.88 Å². The predicted octanol–water partition coefficient (Wildman–Crippen LogP) is 3.87. The number of H-pyrrole nitrogens is 1. The summed E-state index contributed by atoms with van der Waals surface area (Å²) in [6, 6.07) is 13.0. The Morgan fingerprint density at radius 2 is 1.94 bits per heavy atom. The molecule has 0 saturated heterocycles. The van der Waals surface area contributed by atoms with Crippen LogP contribution in [0.1, 0.15) is 11.5 Å². The zero-order chi connectivity index (χ0) is 24.2. The smallest absolute Gasteiger partial charge is 0.232 e. The highest BCUT2D eigenvalue weighted by Gasteiger charge is 2.16. The minimum atomic E-state index is -0.410. The summed E-state index contributed by atoms with van der Waals surface area (Å²) >= 11 is 0. The topological polar surface area (TPSA) is 128 Å². The highest BCUT2D eigenvalue weighted by Crippen LogP contribution is 2.31. The van der Waals surface area contributed by atoms with Crippen molar-refractivity contribution in [3.63, 3.8) is 0 Å². The monoisotopic (exact) mass is 470 g/mol. The fraction of sp³-hybridized carbons (Fsp3) is 0.160. The summed E-state index contributed by atoms with van der Waals surface area (Å²) in [4.78, 5) is 25.7. The van der Waals surface area contributed by atoms with Crippen molar-refractivity contribution in [2.75, 3.05) is 18.5 Å². The van der Waals surface area contributed by atoms with Crippen LogP contribution in [0.2, 0.25) is 0 Å². The fourth-order valence-corrected chi connectivity index (χ4v) is 3.65. The SMILES string of the molecule is Cc1cccc(-c2nc(CNc3cncc(F)c3)[nH]c2-c2ccc3ncc(OCCN)nc3c2)n1. The number of benzene rings is 1. The van der Waals surface area contributed by atoms with Crippen LogP contribution in [0.15, 0.2) is 61.1 Å². The van der Waals surface area contributed by atoms with Crippen molar-refractivity contribution in [3.05, 3.63) is 78.4 Å². The van der Waals surface area contributed by atoms with Crippen molar-refractivity contribution < 1.29 is 9.13 Å². The van der Waals surface area contributed by atoms with Crippen LogP contribution in [0.5, 0.6) is 5.88 Å². The van der Waals surface area contributed by atoms with E-state index in [1.54, 1.807) is 12.4 Å². The second-order valence-electron chi connectivity index (χ2n) is 7.87. The van der Waals surface area contributed by atoms with Crippen LogP contribution < -0.4 is 15.8 Å². The number of hydrogen-bond donors (Lipinski definition) is 3. The van der Waals surface area contributed by atoms with Crippen molar-refractivity contribution in [2.45, 2.75) is 13.5 Å². The Kier molecular flexibility index (Phi) is 6.27. The molecule has 0 aliphatic rings. The summed E-state index contributed by atoms with van der Waals surface area (Å²) in [6.07, 6.45) is 4.30. The normalized spacial score (nSPS) is 11.1. The maximum absolute atomic E-state index is 13.5. The van der Waals surface area contributed by atoms with Gasteiger partial charge in [-0.15, -0.1) is 0 Å². The minimum absolute atomic E-state index is 0.342. The summed E-state index contributed by atoms with van der Waals surface area (Å²) in [6.45, 7) is 3.03. The molecular weight excluding hydrogens is 447 g/mol. The molecule has 9 nitrogen and oxygen atoms in total. The molecule has 4 aromatic heterocycles. The minimum Gasteiger partial charge on any atom is -0.475 e. The van der Waals surface area contributed by atoms with E-state index < -0.39 is 5.82 Å². The van der Waals surface area contributed by atoms with Gasteiger partial charge in [-0.2, -0.15) is 0 Å². The van der Waals surface area contributed by atoms with Gasteiger partial charge >= 0.3 is 0 Å². The first-order valence-electron chi connectivity index (χ1n) is 11.1. The van der Waals surface area contributed by atoms with Gasteiger partial charge in [-0.25, -0.2) is 19.3 Å². The number of pyridine rings is 2. The number of rotatable bonds is 8. The van der Waals surface area contributed by atoms with Crippen LogP contribution in [0.3, 0.4) is 0 Å². The lowest BCUT2D eigenvalue weighted by Gasteiger charge is -2.07. The number of ether oxygens (including phenoxy) is 1. The average Bonchev–Trinajstić information content (AvgIpc) is 3.30. The van der Waals surface area contributed by atoms with E-state index in [-0.39, 0.29) is 0 Å². The molecule has 5 rings (SSSR count). The number of nitrogens with zero attached hydrogens (tertiary/aromatic N) is 5. The first kappa shape index (κ1) is 22.4. The molecule has 0 saturated carbocycles. The third-order valence-corrected chi connectivity index (χ3v) is 5.23. The van der Waals surface area contributed by atoms with Crippen LogP contribution in [0.25, 0.3) is 33.7 Å². The van der Waals surface area contributed by atoms with Crippen LogP contribution >= 0.6 is 0 Å². The van der Waals surface area contributed by atoms with Gasteiger partial charge in [0, 0.05) is 23.9 Å². The van der Waals surface area contributed by atoms with Crippen molar-refractivity contribution >= 4 is 16.7 Å². The van der Waals surface area contributed by atoms with E-state index >= 15 is 0 Å². The fourth-order valence-electron chi connectivity index (χ4n) is 3.65. The Bertz CT molecular complexity index is 1490. The van der Waals surface area contributed by atoms with Gasteiger partial charge in [0.15, 0.2) is 0 Å². The maximum atomic E-state index is 13.5. The molecule has 35 heavy (non-hydrogen) atoms. The zero-order valence-electron chi connectivity index (χ0n) is 19.0. The lowest BCUT2D eigenvalue weighted by atomic mass is 10.1. The molecule has 0 spiro atoms. The lowest BCUT2D eigenvalue weighted by Crippen LogP contribution is -2.11. The molecule has 0 aliphatic heterocycles. The standard InChI is InChI=1S/C25H23FN8O/c1-15-3-2-4-20(31-15)25-24(33-22(34-25)13-29-18-10-17(26)11-28-12-18)16-5-6-19-21(9-16)32-23(14-30-19)35-8-7-27/h2-6,9-12,14,29H,7-8,13,27H2,1H3,(H,33,34). The lowest BCUT2D eigenvalue weighted by molar-refractivity contribution is 0.315. The molecule has 10 heteroatoms. The molecule has 0 amide bonds. The molecule has 0 fully saturated rings. The summed E-state index contributed by atoms with van der Waals surface area (Å²) in [5.74, 6) is 0.666. The van der Waals surface area contributed by atoms with Gasteiger partial charge in [-0.3, -0.25) is 9.97 Å². The Labute approximate surface area is 200 Å². The van der Waals surface area contributed by atoms with Gasteiger partial charge in [0.05, 0.1) is 53.2 Å². The van der Waals surface area contributed by atoms with Crippen LogP contribution in [-0.2, 0) is 6.54 Å². The molecule has 0 unspecified atom stereocenters. The van der Waals surface area contributed by atoms with Crippen molar-refractivity contribution in [1.82, 2.24) is 29.9 Å². The molecule has 1 aromatic carbocycles. The van der Waals surface area contributed by atoms with E-state index in [9.17, 15) is 4.39 Å². The largest absolute Gasteiger partial charge is 0.475 e. The number of imidazole rings is 1. The van der Waals surface area contributed by atoms with Gasteiger partial charge in [0.1, 0.15) is 23.9 Å². The van der Waals surface area contributed by atoms with Gasteiger partial charge < -0.3 is 20.8 Å².